The van der Waals surface area contributed by atoms with Gasteiger partial charge in [0.2, 0.25) is 0 Å². The topological polar surface area (TPSA) is 8.17 Å². The Morgan fingerprint density at radius 1 is 0.424 bits per heavy atom. The van der Waals surface area contributed by atoms with E-state index in [1.807, 2.05) is 12.1 Å². The first-order chi connectivity index (χ1) is 32.3. The van der Waals surface area contributed by atoms with Gasteiger partial charge in [-0.05, 0) is 134 Å². The molecule has 0 amide bonds. The van der Waals surface area contributed by atoms with E-state index < -0.39 is 5.41 Å². The molecule has 0 bridgehead atoms. The van der Waals surface area contributed by atoms with Gasteiger partial charge in [-0.1, -0.05) is 178 Å². The van der Waals surface area contributed by atoms with Crippen molar-refractivity contribution in [2.45, 2.75) is 31.6 Å². The molecule has 0 radical (unpaired) electrons. The van der Waals surface area contributed by atoms with Gasteiger partial charge in [0, 0.05) is 33.2 Å². The molecule has 12 rings (SSSR count). The fraction of sp³-hybridized carbons (Fsp3) is 0.0794. The molecule has 10 aromatic carbocycles. The molecule has 3 heteroatoms. The van der Waals surface area contributed by atoms with Gasteiger partial charge in [0.1, 0.15) is 5.82 Å². The van der Waals surface area contributed by atoms with Crippen molar-refractivity contribution in [1.29, 1.82) is 0 Å². The highest BCUT2D eigenvalue weighted by Crippen LogP contribution is 2.56. The smallest absolute Gasteiger partial charge is 0.123 e. The van der Waals surface area contributed by atoms with E-state index in [9.17, 15) is 4.39 Å². The molecule has 316 valence electrons. The maximum absolute atomic E-state index is 14.4. The highest BCUT2D eigenvalue weighted by molar-refractivity contribution is 6.12. The number of aromatic nitrogens is 1. The van der Waals surface area contributed by atoms with E-state index in [-0.39, 0.29) is 11.2 Å². The van der Waals surface area contributed by atoms with E-state index in [4.69, 9.17) is 0 Å². The van der Waals surface area contributed by atoms with E-state index in [1.165, 1.54) is 49.7 Å². The molecule has 0 saturated carbocycles. The number of anilines is 3. The molecular formula is C63H47FN2. The van der Waals surface area contributed by atoms with E-state index >= 15 is 0 Å². The largest absolute Gasteiger partial charge is 0.310 e. The molecule has 1 aromatic heterocycles. The summed E-state index contributed by atoms with van der Waals surface area (Å²) >= 11 is 0. The van der Waals surface area contributed by atoms with Crippen LogP contribution in [-0.4, -0.2) is 4.57 Å². The van der Waals surface area contributed by atoms with Crippen LogP contribution in [0.4, 0.5) is 21.5 Å². The quantitative estimate of drug-likeness (QED) is 0.155. The zero-order valence-electron chi connectivity index (χ0n) is 37.2. The monoisotopic (exact) mass is 850 g/mol. The summed E-state index contributed by atoms with van der Waals surface area (Å²) in [6.07, 6.45) is 0. The molecule has 1 heterocycles. The van der Waals surface area contributed by atoms with Crippen molar-refractivity contribution in [3.8, 4) is 27.9 Å². The van der Waals surface area contributed by atoms with Crippen LogP contribution < -0.4 is 4.90 Å². The predicted octanol–water partition coefficient (Wildman–Crippen LogP) is 16.9. The zero-order chi connectivity index (χ0) is 44.6. The molecule has 11 aromatic rings. The normalized spacial score (nSPS) is 13.0. The number of fused-ring (bicyclic) bond motifs is 7. The van der Waals surface area contributed by atoms with Gasteiger partial charge in [-0.3, -0.25) is 0 Å². The predicted molar refractivity (Wildman–Crippen MR) is 274 cm³/mol. The fourth-order valence-electron chi connectivity index (χ4n) is 10.8. The van der Waals surface area contributed by atoms with Crippen LogP contribution in [0.15, 0.2) is 231 Å². The summed E-state index contributed by atoms with van der Waals surface area (Å²) in [6.45, 7) is 6.69. The summed E-state index contributed by atoms with van der Waals surface area (Å²) in [5.41, 5.74) is 17.1. The molecule has 1 aliphatic rings. The molecule has 2 nitrogen and oxygen atoms in total. The van der Waals surface area contributed by atoms with Gasteiger partial charge >= 0.3 is 0 Å². The molecule has 1 aliphatic carbocycles. The molecule has 0 fully saturated rings. The highest BCUT2D eigenvalue weighted by atomic mass is 19.1. The lowest BCUT2D eigenvalue weighted by atomic mass is 9.67. The Balaban J connectivity index is 1.03. The Morgan fingerprint density at radius 2 is 0.985 bits per heavy atom. The van der Waals surface area contributed by atoms with Crippen LogP contribution in [0.2, 0.25) is 0 Å². The van der Waals surface area contributed by atoms with Crippen LogP contribution in [0.3, 0.4) is 0 Å². The second kappa shape index (κ2) is 15.3. The molecular weight excluding hydrogens is 804 g/mol. The maximum atomic E-state index is 14.4. The third-order valence-electron chi connectivity index (χ3n) is 13.9. The Labute approximate surface area is 385 Å². The van der Waals surface area contributed by atoms with Crippen molar-refractivity contribution in [2.24, 2.45) is 0 Å². The van der Waals surface area contributed by atoms with Gasteiger partial charge in [0.05, 0.1) is 22.1 Å². The van der Waals surface area contributed by atoms with Crippen molar-refractivity contribution in [3.05, 3.63) is 264 Å². The lowest BCUT2D eigenvalue weighted by Gasteiger charge is -2.34. The minimum Gasteiger partial charge on any atom is -0.310 e. The molecule has 0 N–H and O–H groups in total. The number of hydrogen-bond acceptors (Lipinski definition) is 1. The third kappa shape index (κ3) is 6.14. The standard InChI is InChI=1S/C63H47FN2/c1-62(2,3)43-27-31-47(32-28-43)65(48-33-29-46(64)30-34-48)60-39-37-50(51-20-10-11-22-54(51)60)42-26-38-61-56(40-42)55-23-13-15-25-59(55)66(61)49-35-36-53-52-21-12-14-24-57(52)63(58(53)41-49,44-16-6-4-7-17-44)45-18-8-5-9-19-45/h4-41H,1-3H3. The van der Waals surface area contributed by atoms with E-state index in [1.54, 1.807) is 12.1 Å². The average molecular weight is 851 g/mol. The first-order valence-electron chi connectivity index (χ1n) is 22.9. The Kier molecular flexibility index (Phi) is 9.19. The van der Waals surface area contributed by atoms with Crippen molar-refractivity contribution < 1.29 is 4.39 Å². The third-order valence-corrected chi connectivity index (χ3v) is 13.9. The molecule has 0 spiro atoms. The number of halogens is 1. The van der Waals surface area contributed by atoms with Crippen molar-refractivity contribution in [1.82, 2.24) is 4.57 Å². The summed E-state index contributed by atoms with van der Waals surface area (Å²) < 4.78 is 16.8. The second-order valence-corrected chi connectivity index (χ2v) is 18.6. The summed E-state index contributed by atoms with van der Waals surface area (Å²) in [5.74, 6) is -0.257. The van der Waals surface area contributed by atoms with E-state index in [2.05, 4.69) is 236 Å². The molecule has 0 unspecified atom stereocenters. The Hall–Kier alpha value is -8.01. The van der Waals surface area contributed by atoms with Crippen LogP contribution in [0, 0.1) is 5.82 Å². The fourth-order valence-corrected chi connectivity index (χ4v) is 10.8. The van der Waals surface area contributed by atoms with Crippen LogP contribution in [-0.2, 0) is 10.8 Å². The van der Waals surface area contributed by atoms with Crippen molar-refractivity contribution >= 4 is 49.6 Å². The van der Waals surface area contributed by atoms with Gasteiger partial charge in [0.25, 0.3) is 0 Å². The Morgan fingerprint density at radius 3 is 1.68 bits per heavy atom. The number of benzene rings is 10. The summed E-state index contributed by atoms with van der Waals surface area (Å²) in [5, 5.41) is 4.66. The SMILES string of the molecule is CC(C)(C)c1ccc(N(c2ccc(F)cc2)c2ccc(-c3ccc4c(c3)c3ccccc3n4-c3ccc4c(c3)C(c3ccccc3)(c3ccccc3)c3ccccc3-4)c3ccccc23)cc1. The van der Waals surface area contributed by atoms with Crippen LogP contribution >= 0.6 is 0 Å². The first kappa shape index (κ1) is 39.6. The number of para-hydroxylation sites is 1. The zero-order valence-corrected chi connectivity index (χ0v) is 37.2. The lowest BCUT2D eigenvalue weighted by molar-refractivity contribution is 0.590. The van der Waals surface area contributed by atoms with Gasteiger partial charge in [-0.25, -0.2) is 4.39 Å². The molecule has 0 saturated heterocycles. The van der Waals surface area contributed by atoms with Gasteiger partial charge < -0.3 is 9.47 Å². The van der Waals surface area contributed by atoms with Crippen molar-refractivity contribution in [3.63, 3.8) is 0 Å². The van der Waals surface area contributed by atoms with Gasteiger partial charge in [0.15, 0.2) is 0 Å². The minimum atomic E-state index is -0.494. The number of rotatable bonds is 7. The van der Waals surface area contributed by atoms with Crippen LogP contribution in [0.1, 0.15) is 48.6 Å². The number of nitrogens with zero attached hydrogens (tertiary/aromatic N) is 2. The number of hydrogen-bond donors (Lipinski definition) is 0. The van der Waals surface area contributed by atoms with Crippen molar-refractivity contribution in [2.75, 3.05) is 4.90 Å². The van der Waals surface area contributed by atoms with Crippen LogP contribution in [0.5, 0.6) is 0 Å². The molecule has 66 heavy (non-hydrogen) atoms. The molecule has 0 aliphatic heterocycles. The van der Waals surface area contributed by atoms with E-state index in [0.717, 1.165) is 55.7 Å². The van der Waals surface area contributed by atoms with E-state index in [0.29, 0.717) is 0 Å². The van der Waals surface area contributed by atoms with Crippen LogP contribution in [0.25, 0.3) is 60.5 Å². The summed E-state index contributed by atoms with van der Waals surface area (Å²) in [7, 11) is 0. The maximum Gasteiger partial charge on any atom is 0.123 e. The minimum absolute atomic E-state index is 0.0192. The average Bonchev–Trinajstić information content (AvgIpc) is 3.85. The highest BCUT2D eigenvalue weighted by Gasteiger charge is 2.46. The summed E-state index contributed by atoms with van der Waals surface area (Å²) in [4.78, 5) is 2.24. The second-order valence-electron chi connectivity index (χ2n) is 18.6. The Bertz CT molecular complexity index is 3580. The van der Waals surface area contributed by atoms with Gasteiger partial charge in [-0.2, -0.15) is 0 Å². The first-order valence-corrected chi connectivity index (χ1v) is 22.9. The van der Waals surface area contributed by atoms with Gasteiger partial charge in [-0.15, -0.1) is 0 Å². The molecule has 0 atom stereocenters. The lowest BCUT2D eigenvalue weighted by Crippen LogP contribution is -2.28. The summed E-state index contributed by atoms with van der Waals surface area (Å²) in [6, 6.07) is 82.5.